The molecule has 0 aliphatic carbocycles. The Kier molecular flexibility index (Phi) is 7.43. The van der Waals surface area contributed by atoms with Crippen molar-refractivity contribution in [1.82, 2.24) is 0 Å². The van der Waals surface area contributed by atoms with E-state index >= 15 is 0 Å². The second kappa shape index (κ2) is 9.42. The van der Waals surface area contributed by atoms with E-state index in [9.17, 15) is 4.79 Å². The lowest BCUT2D eigenvalue weighted by Crippen LogP contribution is -2.33. The van der Waals surface area contributed by atoms with E-state index in [4.69, 9.17) is 14.6 Å². The third-order valence-corrected chi connectivity index (χ3v) is 2.17. The van der Waals surface area contributed by atoms with E-state index in [1.165, 1.54) is 6.42 Å². The Hall–Kier alpha value is -2.49. The lowest BCUT2D eigenvalue weighted by Gasteiger charge is -2.16. The summed E-state index contributed by atoms with van der Waals surface area (Å²) in [5, 5.41) is 9.05. The van der Waals surface area contributed by atoms with Crippen LogP contribution in [0.2, 0.25) is 0 Å². The van der Waals surface area contributed by atoms with Crippen molar-refractivity contribution >= 4 is 5.97 Å². The third-order valence-electron chi connectivity index (χ3n) is 2.17. The van der Waals surface area contributed by atoms with Gasteiger partial charge in [0, 0.05) is 0 Å². The van der Waals surface area contributed by atoms with Crippen LogP contribution in [0, 0.1) is 0 Å². The fraction of sp³-hybridized carbons (Fsp3) is 0.235. The lowest BCUT2D eigenvalue weighted by molar-refractivity contribution is -0.158. The smallest absolute Gasteiger partial charge is 0.387 e. The Labute approximate surface area is 125 Å². The van der Waals surface area contributed by atoms with Crippen molar-refractivity contribution in [3.63, 3.8) is 0 Å². The van der Waals surface area contributed by atoms with Gasteiger partial charge < -0.3 is 14.6 Å². The minimum absolute atomic E-state index is 0.445. The minimum atomic E-state index is -1.37. The molecule has 0 heterocycles. The van der Waals surface area contributed by atoms with E-state index in [1.54, 1.807) is 48.5 Å². The molecular weight excluding hydrogens is 268 g/mol. The third kappa shape index (κ3) is 6.47. The summed E-state index contributed by atoms with van der Waals surface area (Å²) in [5.74, 6) is -0.288. The van der Waals surface area contributed by atoms with Gasteiger partial charge in [0.1, 0.15) is 11.5 Å². The molecule has 21 heavy (non-hydrogen) atoms. The molecule has 0 aromatic heterocycles. The first-order valence-corrected chi connectivity index (χ1v) is 6.83. The second-order valence-electron chi connectivity index (χ2n) is 4.24. The topological polar surface area (TPSA) is 55.8 Å². The van der Waals surface area contributed by atoms with Crippen molar-refractivity contribution in [2.24, 2.45) is 0 Å². The summed E-state index contributed by atoms with van der Waals surface area (Å²) in [6, 6.07) is 17.4. The molecule has 2 rings (SSSR count). The van der Waals surface area contributed by atoms with Gasteiger partial charge in [-0.05, 0) is 24.3 Å². The number of hydrogen-bond acceptors (Lipinski definition) is 3. The van der Waals surface area contributed by atoms with Crippen molar-refractivity contribution in [3.8, 4) is 11.5 Å². The minimum Gasteiger partial charge on any atom is -0.476 e. The lowest BCUT2D eigenvalue weighted by atomic mass is 10.3. The predicted molar refractivity (Wildman–Crippen MR) is 81.5 cm³/mol. The zero-order chi connectivity index (χ0) is 15.5. The number of rotatable bonds is 5. The molecule has 0 unspecified atom stereocenters. The van der Waals surface area contributed by atoms with Gasteiger partial charge in [0.25, 0.3) is 0 Å². The number of carboxylic acid groups (broad SMARTS) is 1. The maximum Gasteiger partial charge on any atom is 0.387 e. The fourth-order valence-corrected chi connectivity index (χ4v) is 1.37. The Morgan fingerprint density at radius 1 is 0.905 bits per heavy atom. The molecule has 0 atom stereocenters. The average molecular weight is 288 g/mol. The van der Waals surface area contributed by atoms with E-state index in [2.05, 4.69) is 13.8 Å². The van der Waals surface area contributed by atoms with Crippen LogP contribution in [0.3, 0.4) is 0 Å². The number of carboxylic acids is 1. The number of ether oxygens (including phenoxy) is 2. The van der Waals surface area contributed by atoms with Crippen LogP contribution in [0.4, 0.5) is 0 Å². The molecule has 112 valence electrons. The second-order valence-corrected chi connectivity index (χ2v) is 4.24. The highest BCUT2D eigenvalue weighted by molar-refractivity contribution is 5.71. The molecule has 2 aromatic carbocycles. The van der Waals surface area contributed by atoms with Crippen LogP contribution in [-0.2, 0) is 4.79 Å². The first-order chi connectivity index (χ1) is 10.2. The number of aliphatic carboxylic acids is 1. The predicted octanol–water partition coefficient (Wildman–Crippen LogP) is 3.97. The molecule has 0 amide bonds. The molecule has 0 fully saturated rings. The monoisotopic (exact) mass is 288 g/mol. The van der Waals surface area contributed by atoms with Gasteiger partial charge in [0.2, 0.25) is 0 Å². The van der Waals surface area contributed by atoms with Crippen molar-refractivity contribution < 1.29 is 19.4 Å². The molecule has 0 bridgehead atoms. The molecule has 0 saturated heterocycles. The van der Waals surface area contributed by atoms with Crippen LogP contribution >= 0.6 is 0 Å². The Morgan fingerprint density at radius 3 is 1.52 bits per heavy atom. The Bertz CT molecular complexity index is 469. The van der Waals surface area contributed by atoms with E-state index in [0.29, 0.717) is 11.5 Å². The molecule has 0 radical (unpaired) electrons. The molecule has 0 saturated carbocycles. The molecule has 4 nitrogen and oxygen atoms in total. The van der Waals surface area contributed by atoms with Crippen LogP contribution in [0.1, 0.15) is 20.3 Å². The van der Waals surface area contributed by atoms with Gasteiger partial charge in [-0.3, -0.25) is 0 Å². The van der Waals surface area contributed by atoms with Gasteiger partial charge >= 0.3 is 12.3 Å². The van der Waals surface area contributed by atoms with Gasteiger partial charge in [-0.15, -0.1) is 0 Å². The SMILES string of the molecule is CCC.O=C(O)C(Oc1ccccc1)Oc1ccccc1. The zero-order valence-corrected chi connectivity index (χ0v) is 12.2. The number of carbonyl (C=O) groups is 1. The standard InChI is InChI=1S/C14H12O4.C3H8/c15-13(16)14(17-11-7-3-1-4-8-11)18-12-9-5-2-6-10-12;1-3-2/h1-10,14H,(H,15,16);3H2,1-2H3. The molecule has 1 N–H and O–H groups in total. The summed E-state index contributed by atoms with van der Waals surface area (Å²) in [4.78, 5) is 11.1. The summed E-state index contributed by atoms with van der Waals surface area (Å²) in [7, 11) is 0. The summed E-state index contributed by atoms with van der Waals surface area (Å²) in [5.41, 5.74) is 0. The number of benzene rings is 2. The highest BCUT2D eigenvalue weighted by Crippen LogP contribution is 2.15. The van der Waals surface area contributed by atoms with Gasteiger partial charge in [-0.25, -0.2) is 4.79 Å². The van der Waals surface area contributed by atoms with Gasteiger partial charge in [-0.1, -0.05) is 56.7 Å². The molecule has 0 aliphatic heterocycles. The molecule has 4 heteroatoms. The van der Waals surface area contributed by atoms with Gasteiger partial charge in [0.15, 0.2) is 0 Å². The van der Waals surface area contributed by atoms with E-state index in [-0.39, 0.29) is 0 Å². The van der Waals surface area contributed by atoms with E-state index in [0.717, 1.165) is 0 Å². The van der Waals surface area contributed by atoms with Gasteiger partial charge in [0.05, 0.1) is 0 Å². The van der Waals surface area contributed by atoms with Crippen molar-refractivity contribution in [3.05, 3.63) is 60.7 Å². The summed E-state index contributed by atoms with van der Waals surface area (Å²) >= 11 is 0. The van der Waals surface area contributed by atoms with E-state index < -0.39 is 12.3 Å². The van der Waals surface area contributed by atoms with Crippen LogP contribution in [0.15, 0.2) is 60.7 Å². The van der Waals surface area contributed by atoms with Crippen LogP contribution in [0.25, 0.3) is 0 Å². The van der Waals surface area contributed by atoms with Crippen molar-refractivity contribution in [2.45, 2.75) is 26.6 Å². The highest BCUT2D eigenvalue weighted by Gasteiger charge is 2.21. The number of para-hydroxylation sites is 2. The maximum atomic E-state index is 11.1. The van der Waals surface area contributed by atoms with Crippen LogP contribution in [0.5, 0.6) is 11.5 Å². The van der Waals surface area contributed by atoms with Crippen LogP contribution < -0.4 is 9.47 Å². The molecule has 0 aliphatic rings. The normalized spacial score (nSPS) is 9.48. The van der Waals surface area contributed by atoms with E-state index in [1.807, 2.05) is 12.1 Å². The zero-order valence-electron chi connectivity index (χ0n) is 12.2. The summed E-state index contributed by atoms with van der Waals surface area (Å²) < 4.78 is 10.5. The number of hydrogen-bond donors (Lipinski definition) is 1. The largest absolute Gasteiger partial charge is 0.476 e. The molecular formula is C17H20O4. The highest BCUT2D eigenvalue weighted by atomic mass is 16.7. The Morgan fingerprint density at radius 2 is 1.24 bits per heavy atom. The molecule has 2 aromatic rings. The summed E-state index contributed by atoms with van der Waals surface area (Å²) in [6.45, 7) is 4.25. The average Bonchev–Trinajstić information content (AvgIpc) is 2.49. The van der Waals surface area contributed by atoms with Gasteiger partial charge in [-0.2, -0.15) is 0 Å². The Balaban J connectivity index is 0.000000677. The fourth-order valence-electron chi connectivity index (χ4n) is 1.37. The van der Waals surface area contributed by atoms with Crippen LogP contribution in [-0.4, -0.2) is 17.4 Å². The summed E-state index contributed by atoms with van der Waals surface area (Å²) in [6.07, 6.45) is -0.116. The van der Waals surface area contributed by atoms with Crippen molar-refractivity contribution in [1.29, 1.82) is 0 Å². The molecule has 0 spiro atoms. The quantitative estimate of drug-likeness (QED) is 0.846. The first-order valence-electron chi connectivity index (χ1n) is 6.83. The first kappa shape index (κ1) is 16.6. The maximum absolute atomic E-state index is 11.1. The van der Waals surface area contributed by atoms with Crippen molar-refractivity contribution in [2.75, 3.05) is 0 Å².